The highest BCUT2D eigenvalue weighted by molar-refractivity contribution is 7.98. The van der Waals surface area contributed by atoms with Crippen molar-refractivity contribution in [2.24, 2.45) is 5.92 Å². The van der Waals surface area contributed by atoms with E-state index >= 15 is 0 Å². The number of likely N-dealkylation sites (N-methyl/N-ethyl adjacent to an activating group) is 1. The first-order valence-electron chi connectivity index (χ1n) is 5.64. The highest BCUT2D eigenvalue weighted by Crippen LogP contribution is 2.13. The molecule has 14 heavy (non-hydrogen) atoms. The Labute approximate surface area is 92.8 Å². The first-order chi connectivity index (χ1) is 6.76. The lowest BCUT2D eigenvalue weighted by Gasteiger charge is -2.34. The third-order valence-electron chi connectivity index (χ3n) is 2.93. The van der Waals surface area contributed by atoms with Crippen molar-refractivity contribution in [2.45, 2.75) is 25.8 Å². The Morgan fingerprint density at radius 2 is 2.36 bits per heavy atom. The Morgan fingerprint density at radius 3 is 3.00 bits per heavy atom. The zero-order valence-corrected chi connectivity index (χ0v) is 10.6. The average Bonchev–Trinajstić information content (AvgIpc) is 2.18. The molecule has 0 spiro atoms. The van der Waals surface area contributed by atoms with Crippen LogP contribution in [0.1, 0.15) is 19.8 Å². The van der Waals surface area contributed by atoms with Gasteiger partial charge in [0, 0.05) is 19.1 Å². The molecule has 1 rings (SSSR count). The van der Waals surface area contributed by atoms with Crippen molar-refractivity contribution in [3.8, 4) is 0 Å². The van der Waals surface area contributed by atoms with Gasteiger partial charge in [-0.15, -0.1) is 0 Å². The molecule has 0 aliphatic carbocycles. The van der Waals surface area contributed by atoms with Gasteiger partial charge >= 0.3 is 0 Å². The Kier molecular flexibility index (Phi) is 5.90. The standard InChI is InChI=1S/C11H24N2S/c1-10(9-14-3)7-13-6-4-5-11(8-13)12-2/h10-12H,4-9H2,1-3H3. The van der Waals surface area contributed by atoms with E-state index in [2.05, 4.69) is 30.4 Å². The van der Waals surface area contributed by atoms with Gasteiger partial charge in [-0.3, -0.25) is 0 Å². The first kappa shape index (κ1) is 12.3. The zero-order chi connectivity index (χ0) is 10.4. The first-order valence-corrected chi connectivity index (χ1v) is 7.04. The summed E-state index contributed by atoms with van der Waals surface area (Å²) in [5.74, 6) is 2.13. The van der Waals surface area contributed by atoms with Gasteiger partial charge in [0.25, 0.3) is 0 Å². The highest BCUT2D eigenvalue weighted by Gasteiger charge is 2.19. The molecule has 2 unspecified atom stereocenters. The van der Waals surface area contributed by atoms with Crippen molar-refractivity contribution < 1.29 is 0 Å². The van der Waals surface area contributed by atoms with Gasteiger partial charge in [0.05, 0.1) is 0 Å². The van der Waals surface area contributed by atoms with Crippen LogP contribution in [-0.2, 0) is 0 Å². The zero-order valence-electron chi connectivity index (χ0n) is 9.75. The minimum atomic E-state index is 0.727. The average molecular weight is 216 g/mol. The fourth-order valence-electron chi connectivity index (χ4n) is 2.23. The van der Waals surface area contributed by atoms with Gasteiger partial charge in [-0.25, -0.2) is 0 Å². The van der Waals surface area contributed by atoms with Gasteiger partial charge in [0.15, 0.2) is 0 Å². The van der Waals surface area contributed by atoms with E-state index in [9.17, 15) is 0 Å². The van der Waals surface area contributed by atoms with E-state index in [-0.39, 0.29) is 0 Å². The Bertz CT molecular complexity index is 152. The Morgan fingerprint density at radius 1 is 1.57 bits per heavy atom. The molecule has 0 aromatic rings. The monoisotopic (exact) mass is 216 g/mol. The normalized spacial score (nSPS) is 26.4. The van der Waals surface area contributed by atoms with E-state index in [1.807, 2.05) is 11.8 Å². The van der Waals surface area contributed by atoms with Gasteiger partial charge in [-0.2, -0.15) is 11.8 Å². The number of thioether (sulfide) groups is 1. The van der Waals surface area contributed by atoms with Gasteiger partial charge in [-0.1, -0.05) is 6.92 Å². The molecule has 1 N–H and O–H groups in total. The molecule has 1 saturated heterocycles. The quantitative estimate of drug-likeness (QED) is 0.752. The summed E-state index contributed by atoms with van der Waals surface area (Å²) in [5, 5.41) is 3.39. The number of nitrogens with zero attached hydrogens (tertiary/aromatic N) is 1. The summed E-state index contributed by atoms with van der Waals surface area (Å²) in [6, 6.07) is 0.727. The maximum absolute atomic E-state index is 3.39. The van der Waals surface area contributed by atoms with Crippen molar-refractivity contribution in [2.75, 3.05) is 38.7 Å². The van der Waals surface area contributed by atoms with Crippen LogP contribution in [0.3, 0.4) is 0 Å². The summed E-state index contributed by atoms with van der Waals surface area (Å²) >= 11 is 1.96. The number of nitrogens with one attached hydrogen (secondary N) is 1. The van der Waals surface area contributed by atoms with Crippen molar-refractivity contribution in [1.82, 2.24) is 10.2 Å². The number of piperidine rings is 1. The van der Waals surface area contributed by atoms with Crippen LogP contribution in [-0.4, -0.2) is 49.6 Å². The Hall–Kier alpha value is 0.270. The summed E-state index contributed by atoms with van der Waals surface area (Å²) in [4.78, 5) is 2.62. The van der Waals surface area contributed by atoms with Crippen LogP contribution >= 0.6 is 11.8 Å². The fourth-order valence-corrected chi connectivity index (χ4v) is 2.91. The minimum absolute atomic E-state index is 0.727. The van der Waals surface area contributed by atoms with E-state index in [1.165, 1.54) is 38.2 Å². The molecule has 1 aliphatic heterocycles. The lowest BCUT2D eigenvalue weighted by atomic mass is 10.0. The summed E-state index contributed by atoms with van der Waals surface area (Å²) in [7, 11) is 2.08. The van der Waals surface area contributed by atoms with Crippen LogP contribution in [0.4, 0.5) is 0 Å². The molecular weight excluding hydrogens is 192 g/mol. The third-order valence-corrected chi connectivity index (χ3v) is 3.84. The number of rotatable bonds is 5. The molecule has 0 aromatic carbocycles. The lowest BCUT2D eigenvalue weighted by Crippen LogP contribution is -2.45. The molecule has 1 fully saturated rings. The van der Waals surface area contributed by atoms with Crippen LogP contribution in [0.15, 0.2) is 0 Å². The predicted molar refractivity (Wildman–Crippen MR) is 66.1 cm³/mol. The maximum Gasteiger partial charge on any atom is 0.0192 e. The van der Waals surface area contributed by atoms with E-state index in [1.54, 1.807) is 0 Å². The molecule has 0 bridgehead atoms. The van der Waals surface area contributed by atoms with Crippen molar-refractivity contribution >= 4 is 11.8 Å². The largest absolute Gasteiger partial charge is 0.316 e. The predicted octanol–water partition coefficient (Wildman–Crippen LogP) is 1.67. The van der Waals surface area contributed by atoms with Gasteiger partial charge < -0.3 is 10.2 Å². The van der Waals surface area contributed by atoms with Crippen LogP contribution < -0.4 is 5.32 Å². The second-order valence-electron chi connectivity index (χ2n) is 4.45. The van der Waals surface area contributed by atoms with Crippen molar-refractivity contribution in [3.63, 3.8) is 0 Å². The van der Waals surface area contributed by atoms with Crippen LogP contribution in [0, 0.1) is 5.92 Å². The highest BCUT2D eigenvalue weighted by atomic mass is 32.2. The number of hydrogen-bond acceptors (Lipinski definition) is 3. The van der Waals surface area contributed by atoms with E-state index < -0.39 is 0 Å². The maximum atomic E-state index is 3.39. The van der Waals surface area contributed by atoms with Gasteiger partial charge in [0.1, 0.15) is 0 Å². The molecule has 1 heterocycles. The minimum Gasteiger partial charge on any atom is -0.316 e. The molecule has 0 aromatic heterocycles. The van der Waals surface area contributed by atoms with Crippen LogP contribution in [0.25, 0.3) is 0 Å². The molecule has 0 radical (unpaired) electrons. The molecule has 3 heteroatoms. The lowest BCUT2D eigenvalue weighted by molar-refractivity contribution is 0.178. The van der Waals surface area contributed by atoms with Gasteiger partial charge in [-0.05, 0) is 44.4 Å². The molecule has 2 atom stereocenters. The van der Waals surface area contributed by atoms with E-state index in [0.29, 0.717) is 0 Å². The molecule has 0 saturated carbocycles. The summed E-state index contributed by atoms with van der Waals surface area (Å²) in [6.45, 7) is 6.19. The van der Waals surface area contributed by atoms with Crippen LogP contribution in [0.5, 0.6) is 0 Å². The smallest absolute Gasteiger partial charge is 0.0192 e. The van der Waals surface area contributed by atoms with E-state index in [4.69, 9.17) is 0 Å². The van der Waals surface area contributed by atoms with Crippen molar-refractivity contribution in [3.05, 3.63) is 0 Å². The molecule has 2 nitrogen and oxygen atoms in total. The summed E-state index contributed by atoms with van der Waals surface area (Å²) in [5.41, 5.74) is 0. The third kappa shape index (κ3) is 4.20. The summed E-state index contributed by atoms with van der Waals surface area (Å²) in [6.07, 6.45) is 4.91. The van der Waals surface area contributed by atoms with Crippen LogP contribution in [0.2, 0.25) is 0 Å². The molecule has 1 aliphatic rings. The molecular formula is C11H24N2S. The second kappa shape index (κ2) is 6.70. The molecule has 0 amide bonds. The fraction of sp³-hybridized carbons (Fsp3) is 1.00. The second-order valence-corrected chi connectivity index (χ2v) is 5.36. The number of hydrogen-bond donors (Lipinski definition) is 1. The summed E-state index contributed by atoms with van der Waals surface area (Å²) < 4.78 is 0. The van der Waals surface area contributed by atoms with Crippen molar-refractivity contribution in [1.29, 1.82) is 0 Å². The topological polar surface area (TPSA) is 15.3 Å². The SMILES string of the molecule is CNC1CCCN(CC(C)CSC)C1. The number of likely N-dealkylation sites (tertiary alicyclic amines) is 1. The Balaban J connectivity index is 2.22. The van der Waals surface area contributed by atoms with E-state index in [0.717, 1.165) is 12.0 Å². The van der Waals surface area contributed by atoms with Gasteiger partial charge in [0.2, 0.25) is 0 Å². The molecule has 84 valence electrons.